The standard InChI is InChI=1S/C22H23N5O3S/c1-4-27-19(12-15-8-6-5-7-9-15)23-26-22(27)31-14-20-24-25-21(30-20)16-10-11-17(28-2)18(13-16)29-3/h5-11,13H,4,12,14H2,1-3H3. The number of ether oxygens (including phenoxy) is 2. The predicted octanol–water partition coefficient (Wildman–Crippen LogP) is 4.25. The zero-order valence-corrected chi connectivity index (χ0v) is 18.4. The van der Waals surface area contributed by atoms with Crippen molar-refractivity contribution in [3.8, 4) is 23.0 Å². The molecule has 2 aromatic heterocycles. The minimum absolute atomic E-state index is 0.429. The van der Waals surface area contributed by atoms with Gasteiger partial charge in [0.05, 0.1) is 20.0 Å². The fourth-order valence-corrected chi connectivity index (χ4v) is 4.03. The van der Waals surface area contributed by atoms with Crippen molar-refractivity contribution < 1.29 is 13.9 Å². The molecule has 2 aromatic carbocycles. The Hall–Kier alpha value is -3.33. The molecule has 0 amide bonds. The average molecular weight is 438 g/mol. The Morgan fingerprint density at radius 1 is 0.935 bits per heavy atom. The summed E-state index contributed by atoms with van der Waals surface area (Å²) in [5.74, 6) is 3.64. The van der Waals surface area contributed by atoms with Gasteiger partial charge in [-0.1, -0.05) is 42.1 Å². The molecule has 0 bridgehead atoms. The predicted molar refractivity (Wildman–Crippen MR) is 117 cm³/mol. The number of hydrogen-bond acceptors (Lipinski definition) is 8. The molecule has 0 spiro atoms. The molecule has 0 unspecified atom stereocenters. The second-order valence-electron chi connectivity index (χ2n) is 6.66. The Morgan fingerprint density at radius 2 is 1.74 bits per heavy atom. The highest BCUT2D eigenvalue weighted by atomic mass is 32.2. The molecule has 4 aromatic rings. The van der Waals surface area contributed by atoms with Crippen LogP contribution in [0.4, 0.5) is 0 Å². The quantitative estimate of drug-likeness (QED) is 0.359. The van der Waals surface area contributed by atoms with Crippen LogP contribution in [0.5, 0.6) is 11.5 Å². The summed E-state index contributed by atoms with van der Waals surface area (Å²) in [6, 6.07) is 15.7. The zero-order chi connectivity index (χ0) is 21.6. The molecular formula is C22H23N5O3S. The van der Waals surface area contributed by atoms with E-state index in [-0.39, 0.29) is 0 Å². The summed E-state index contributed by atoms with van der Waals surface area (Å²) in [5, 5.41) is 17.9. The van der Waals surface area contributed by atoms with Crippen LogP contribution in [0, 0.1) is 0 Å². The first-order valence-corrected chi connectivity index (χ1v) is 10.8. The maximum Gasteiger partial charge on any atom is 0.247 e. The molecule has 4 rings (SSSR count). The van der Waals surface area contributed by atoms with Crippen molar-refractivity contribution in [1.29, 1.82) is 0 Å². The number of hydrogen-bond donors (Lipinski definition) is 0. The normalized spacial score (nSPS) is 10.9. The highest BCUT2D eigenvalue weighted by molar-refractivity contribution is 7.98. The van der Waals surface area contributed by atoms with Gasteiger partial charge in [0, 0.05) is 18.5 Å². The molecule has 31 heavy (non-hydrogen) atoms. The molecule has 2 heterocycles. The van der Waals surface area contributed by atoms with E-state index in [1.54, 1.807) is 14.2 Å². The van der Waals surface area contributed by atoms with Crippen LogP contribution in [0.2, 0.25) is 0 Å². The summed E-state index contributed by atoms with van der Waals surface area (Å²) in [5.41, 5.74) is 1.97. The molecule has 0 saturated heterocycles. The maximum atomic E-state index is 5.84. The highest BCUT2D eigenvalue weighted by Crippen LogP contribution is 2.32. The van der Waals surface area contributed by atoms with Crippen LogP contribution in [0.1, 0.15) is 24.2 Å². The SMILES string of the molecule is CCn1c(Cc2ccccc2)nnc1SCc1nnc(-c2ccc(OC)c(OC)c2)o1. The molecule has 0 aliphatic heterocycles. The second-order valence-corrected chi connectivity index (χ2v) is 7.61. The molecule has 0 radical (unpaired) electrons. The molecule has 9 heteroatoms. The summed E-state index contributed by atoms with van der Waals surface area (Å²) >= 11 is 1.53. The van der Waals surface area contributed by atoms with Gasteiger partial charge in [0.2, 0.25) is 11.8 Å². The largest absolute Gasteiger partial charge is 0.493 e. The summed E-state index contributed by atoms with van der Waals surface area (Å²) < 4.78 is 18.6. The third-order valence-corrected chi connectivity index (χ3v) is 5.69. The van der Waals surface area contributed by atoms with Crippen molar-refractivity contribution in [2.24, 2.45) is 0 Å². The summed E-state index contributed by atoms with van der Waals surface area (Å²) in [4.78, 5) is 0. The average Bonchev–Trinajstić information content (AvgIpc) is 3.44. The third-order valence-electron chi connectivity index (χ3n) is 4.74. The van der Waals surface area contributed by atoms with Crippen molar-refractivity contribution in [3.05, 3.63) is 65.8 Å². The van der Waals surface area contributed by atoms with E-state index in [0.29, 0.717) is 29.0 Å². The molecule has 0 N–H and O–H groups in total. The molecule has 8 nitrogen and oxygen atoms in total. The van der Waals surface area contributed by atoms with Gasteiger partial charge in [0.1, 0.15) is 5.82 Å². The van der Waals surface area contributed by atoms with Gasteiger partial charge in [-0.05, 0) is 30.7 Å². The first-order chi connectivity index (χ1) is 15.2. The van der Waals surface area contributed by atoms with E-state index in [9.17, 15) is 0 Å². The van der Waals surface area contributed by atoms with E-state index in [1.807, 2.05) is 36.4 Å². The lowest BCUT2D eigenvalue weighted by molar-refractivity contribution is 0.355. The van der Waals surface area contributed by atoms with E-state index in [1.165, 1.54) is 17.3 Å². The van der Waals surface area contributed by atoms with Gasteiger partial charge in [-0.25, -0.2) is 0 Å². The van der Waals surface area contributed by atoms with Crippen LogP contribution >= 0.6 is 11.8 Å². The van der Waals surface area contributed by atoms with E-state index >= 15 is 0 Å². The fraction of sp³-hybridized carbons (Fsp3) is 0.273. The van der Waals surface area contributed by atoms with Crippen molar-refractivity contribution in [1.82, 2.24) is 25.0 Å². The topological polar surface area (TPSA) is 88.1 Å². The Bertz CT molecular complexity index is 1140. The lowest BCUT2D eigenvalue weighted by Gasteiger charge is -2.07. The van der Waals surface area contributed by atoms with Crippen molar-refractivity contribution in [2.75, 3.05) is 14.2 Å². The van der Waals surface area contributed by atoms with E-state index < -0.39 is 0 Å². The van der Waals surface area contributed by atoms with E-state index in [2.05, 4.69) is 44.0 Å². The molecule has 0 atom stereocenters. The van der Waals surface area contributed by atoms with Gasteiger partial charge < -0.3 is 18.5 Å². The Balaban J connectivity index is 1.45. The van der Waals surface area contributed by atoms with Crippen molar-refractivity contribution in [2.45, 2.75) is 30.8 Å². The first kappa shape index (κ1) is 20.9. The number of rotatable bonds is 9. The monoisotopic (exact) mass is 437 g/mol. The minimum atomic E-state index is 0.429. The van der Waals surface area contributed by atoms with Crippen LogP contribution in [0.3, 0.4) is 0 Å². The van der Waals surface area contributed by atoms with E-state index in [4.69, 9.17) is 13.9 Å². The van der Waals surface area contributed by atoms with Gasteiger partial charge in [-0.15, -0.1) is 20.4 Å². The van der Waals surface area contributed by atoms with Gasteiger partial charge in [-0.2, -0.15) is 0 Å². The number of benzene rings is 2. The van der Waals surface area contributed by atoms with Crippen LogP contribution < -0.4 is 9.47 Å². The Labute approximate surface area is 184 Å². The molecule has 0 aliphatic rings. The number of nitrogens with zero attached hydrogens (tertiary/aromatic N) is 5. The van der Waals surface area contributed by atoms with Crippen molar-refractivity contribution in [3.63, 3.8) is 0 Å². The molecular weight excluding hydrogens is 414 g/mol. The zero-order valence-electron chi connectivity index (χ0n) is 17.6. The van der Waals surface area contributed by atoms with Crippen molar-refractivity contribution >= 4 is 11.8 Å². The van der Waals surface area contributed by atoms with Gasteiger partial charge in [0.15, 0.2) is 16.7 Å². The second kappa shape index (κ2) is 9.65. The third kappa shape index (κ3) is 4.72. The first-order valence-electron chi connectivity index (χ1n) is 9.85. The molecule has 0 saturated carbocycles. The van der Waals surface area contributed by atoms with Crippen LogP contribution in [-0.2, 0) is 18.7 Å². The molecule has 0 fully saturated rings. The Kier molecular flexibility index (Phi) is 6.51. The van der Waals surface area contributed by atoms with Crippen LogP contribution in [0.15, 0.2) is 58.1 Å². The van der Waals surface area contributed by atoms with Gasteiger partial charge >= 0.3 is 0 Å². The maximum absolute atomic E-state index is 5.84. The molecule has 0 aliphatic carbocycles. The lowest BCUT2D eigenvalue weighted by atomic mass is 10.1. The number of methoxy groups -OCH3 is 2. The summed E-state index contributed by atoms with van der Waals surface area (Å²) in [7, 11) is 3.19. The lowest BCUT2D eigenvalue weighted by Crippen LogP contribution is -2.04. The summed E-state index contributed by atoms with van der Waals surface area (Å²) in [6.45, 7) is 2.88. The van der Waals surface area contributed by atoms with Crippen LogP contribution in [-0.4, -0.2) is 39.2 Å². The fourth-order valence-electron chi connectivity index (χ4n) is 3.18. The van der Waals surface area contributed by atoms with Crippen LogP contribution in [0.25, 0.3) is 11.5 Å². The Morgan fingerprint density at radius 3 is 2.48 bits per heavy atom. The minimum Gasteiger partial charge on any atom is -0.493 e. The van der Waals surface area contributed by atoms with E-state index in [0.717, 1.165) is 29.5 Å². The summed E-state index contributed by atoms with van der Waals surface area (Å²) in [6.07, 6.45) is 0.742. The smallest absolute Gasteiger partial charge is 0.247 e. The highest BCUT2D eigenvalue weighted by Gasteiger charge is 2.15. The van der Waals surface area contributed by atoms with Gasteiger partial charge in [-0.3, -0.25) is 0 Å². The molecule has 160 valence electrons. The number of aromatic nitrogens is 5. The van der Waals surface area contributed by atoms with Gasteiger partial charge in [0.25, 0.3) is 0 Å². The number of thioether (sulfide) groups is 1.